The molecule has 0 aromatic carbocycles. The molecule has 0 unspecified atom stereocenters. The minimum absolute atomic E-state index is 0. The van der Waals surface area contributed by atoms with Crippen LogP contribution in [-0.2, 0) is 0 Å². The Hall–Kier alpha value is 1.77. The largest absolute Gasteiger partial charge is 2.00 e. The second-order valence-electron chi connectivity index (χ2n) is 0.247. The Morgan fingerprint density at radius 1 is 1.60 bits per heavy atom. The van der Waals surface area contributed by atoms with E-state index in [1.54, 1.807) is 0 Å². The normalized spacial score (nSPS) is 7.20. The Kier molecular flexibility index (Phi) is 11.4. The first-order valence-electron chi connectivity index (χ1n) is 0.655. The zero-order valence-electron chi connectivity index (χ0n) is 4.42. The molecule has 0 spiro atoms. The molecule has 0 heterocycles. The molecule has 0 radical (unpaired) electrons. The molecule has 0 aromatic heterocycles. The zero-order chi connectivity index (χ0) is 3.58. The van der Waals surface area contributed by atoms with Crippen LogP contribution >= 0.6 is 23.2 Å². The molecular formula is CH3CaCl2F. The maximum atomic E-state index is 10.5. The van der Waals surface area contributed by atoms with Crippen LogP contribution < -0.4 is 0 Å². The first-order valence-corrected chi connectivity index (χ1v) is 1.53. The Labute approximate surface area is 72.6 Å². The van der Waals surface area contributed by atoms with Gasteiger partial charge in [0.15, 0.2) is 0 Å². The molecule has 0 saturated heterocycles. The van der Waals surface area contributed by atoms with Crippen molar-refractivity contribution in [3.63, 3.8) is 0 Å². The van der Waals surface area contributed by atoms with E-state index in [4.69, 9.17) is 0 Å². The number of alkyl halides is 3. The van der Waals surface area contributed by atoms with Gasteiger partial charge in [0.1, 0.15) is 0 Å². The third-order valence-corrected chi connectivity index (χ3v) is 0. The van der Waals surface area contributed by atoms with Crippen molar-refractivity contribution in [2.75, 3.05) is 0 Å². The molecule has 0 aromatic rings. The van der Waals surface area contributed by atoms with Crippen molar-refractivity contribution >= 4 is 60.9 Å². The van der Waals surface area contributed by atoms with E-state index in [2.05, 4.69) is 23.2 Å². The molecule has 0 nitrogen and oxygen atoms in total. The molecule has 0 amide bonds. The molecule has 0 aliphatic rings. The molecule has 0 saturated carbocycles. The first-order chi connectivity index (χ1) is 1.73. The summed E-state index contributed by atoms with van der Waals surface area (Å²) < 4.78 is 10.5. The van der Waals surface area contributed by atoms with Crippen molar-refractivity contribution in [1.29, 1.82) is 0 Å². The van der Waals surface area contributed by atoms with Gasteiger partial charge < -0.3 is 2.85 Å². The van der Waals surface area contributed by atoms with Crippen molar-refractivity contribution in [3.05, 3.63) is 0 Å². The topological polar surface area (TPSA) is 0 Å². The summed E-state index contributed by atoms with van der Waals surface area (Å²) in [5, 5.41) is -1.72. The monoisotopic (exact) mass is 144 g/mol. The molecule has 0 N–H and O–H groups in total. The fourth-order valence-electron chi connectivity index (χ4n) is 0. The summed E-state index contributed by atoms with van der Waals surface area (Å²) in [5.41, 5.74) is 0. The van der Waals surface area contributed by atoms with Gasteiger partial charge in [-0.3, -0.25) is 0 Å². The Bertz CT molecular complexity index is 20.4. The van der Waals surface area contributed by atoms with Crippen LogP contribution in [0.5, 0.6) is 0 Å². The van der Waals surface area contributed by atoms with E-state index in [0.717, 1.165) is 0 Å². The molecule has 0 rings (SSSR count). The van der Waals surface area contributed by atoms with Crippen LogP contribution in [0.15, 0.2) is 0 Å². The zero-order valence-corrected chi connectivity index (χ0v) is 6.14. The Balaban J connectivity index is -0.0000000150. The summed E-state index contributed by atoms with van der Waals surface area (Å²) in [6, 6.07) is 0. The molecule has 0 bridgehead atoms. The second-order valence-corrected chi connectivity index (χ2v) is 1.24. The molecule has 5 heavy (non-hydrogen) atoms. The third-order valence-electron chi connectivity index (χ3n) is 0. The van der Waals surface area contributed by atoms with E-state index in [-0.39, 0.29) is 40.6 Å². The SMILES string of the molecule is FC(Cl)Cl.[Ca+2].[H-].[H-]. The van der Waals surface area contributed by atoms with Crippen LogP contribution in [0.3, 0.4) is 0 Å². The van der Waals surface area contributed by atoms with Crippen molar-refractivity contribution < 1.29 is 7.24 Å². The minimum atomic E-state index is -1.72. The maximum Gasteiger partial charge on any atom is 2.00 e. The Morgan fingerprint density at radius 3 is 1.60 bits per heavy atom. The van der Waals surface area contributed by atoms with Crippen LogP contribution in [0, 0.1) is 0 Å². The fourth-order valence-corrected chi connectivity index (χ4v) is 0. The van der Waals surface area contributed by atoms with Gasteiger partial charge in [0.05, 0.1) is 0 Å². The Morgan fingerprint density at radius 2 is 1.60 bits per heavy atom. The molecule has 0 fully saturated rings. The van der Waals surface area contributed by atoms with Crippen LogP contribution in [0.2, 0.25) is 0 Å². The van der Waals surface area contributed by atoms with Crippen molar-refractivity contribution in [2.24, 2.45) is 0 Å². The van der Waals surface area contributed by atoms with Crippen molar-refractivity contribution in [1.82, 2.24) is 0 Å². The van der Waals surface area contributed by atoms with Crippen LogP contribution in [0.4, 0.5) is 4.39 Å². The fraction of sp³-hybridized carbons (Fsp3) is 1.00. The molecular weight excluding hydrogens is 142 g/mol. The van der Waals surface area contributed by atoms with E-state index in [1.165, 1.54) is 0 Å². The van der Waals surface area contributed by atoms with Gasteiger partial charge in [-0.1, -0.05) is 23.2 Å². The maximum absolute atomic E-state index is 10.5. The number of rotatable bonds is 0. The summed E-state index contributed by atoms with van der Waals surface area (Å²) in [7, 11) is 0. The van der Waals surface area contributed by atoms with E-state index in [9.17, 15) is 4.39 Å². The first kappa shape index (κ1) is 9.91. The minimum Gasteiger partial charge on any atom is -1.00 e. The van der Waals surface area contributed by atoms with E-state index in [0.29, 0.717) is 0 Å². The third kappa shape index (κ3) is 26.2. The quantitative estimate of drug-likeness (QED) is 0.358. The summed E-state index contributed by atoms with van der Waals surface area (Å²) in [5.74, 6) is 0. The number of hydrogen-bond acceptors (Lipinski definition) is 0. The van der Waals surface area contributed by atoms with Crippen molar-refractivity contribution in [3.8, 4) is 0 Å². The average Bonchev–Trinajstić information content (AvgIpc) is 0.811. The van der Waals surface area contributed by atoms with Gasteiger partial charge in [-0.15, -0.1) is 0 Å². The van der Waals surface area contributed by atoms with Gasteiger partial charge in [0.2, 0.25) is 5.09 Å². The number of hydrogen-bond donors (Lipinski definition) is 0. The van der Waals surface area contributed by atoms with Gasteiger partial charge in [0, 0.05) is 0 Å². The van der Waals surface area contributed by atoms with E-state index < -0.39 is 5.09 Å². The summed E-state index contributed by atoms with van der Waals surface area (Å²) >= 11 is 8.75. The second kappa shape index (κ2) is 5.77. The summed E-state index contributed by atoms with van der Waals surface area (Å²) in [6.45, 7) is 0. The van der Waals surface area contributed by atoms with Gasteiger partial charge in [-0.2, -0.15) is 0 Å². The van der Waals surface area contributed by atoms with E-state index in [1.807, 2.05) is 0 Å². The summed E-state index contributed by atoms with van der Waals surface area (Å²) in [6.07, 6.45) is 0. The average molecular weight is 145 g/mol. The summed E-state index contributed by atoms with van der Waals surface area (Å²) in [4.78, 5) is 0. The van der Waals surface area contributed by atoms with Crippen LogP contribution in [0.1, 0.15) is 2.85 Å². The van der Waals surface area contributed by atoms with Crippen LogP contribution in [-0.4, -0.2) is 42.8 Å². The standard InChI is InChI=1S/CHCl2F.Ca.2H/c2-1(3)4;;;/h1H;;;/q;+2;2*-1. The van der Waals surface area contributed by atoms with Gasteiger partial charge >= 0.3 is 37.7 Å². The molecule has 0 atom stereocenters. The predicted octanol–water partition coefficient (Wildman–Crippen LogP) is 1.56. The van der Waals surface area contributed by atoms with E-state index >= 15 is 0 Å². The van der Waals surface area contributed by atoms with Crippen LogP contribution in [0.25, 0.3) is 0 Å². The molecule has 4 heteroatoms. The smallest absolute Gasteiger partial charge is 1.00 e. The molecule has 30 valence electrons. The molecule has 0 aliphatic carbocycles. The van der Waals surface area contributed by atoms with Gasteiger partial charge in [-0.25, -0.2) is 4.39 Å². The van der Waals surface area contributed by atoms with Gasteiger partial charge in [-0.05, 0) is 0 Å². The number of halogens is 3. The predicted molar refractivity (Wildman–Crippen MR) is 24.6 cm³/mol. The van der Waals surface area contributed by atoms with Crippen molar-refractivity contribution in [2.45, 2.75) is 5.09 Å². The van der Waals surface area contributed by atoms with Gasteiger partial charge in [0.25, 0.3) is 0 Å². The molecule has 0 aliphatic heterocycles.